The molecule has 0 aliphatic rings. The van der Waals surface area contributed by atoms with Gasteiger partial charge >= 0.3 is 0 Å². The molecule has 0 saturated carbocycles. The van der Waals surface area contributed by atoms with Gasteiger partial charge in [0.25, 0.3) is 0 Å². The fraction of sp³-hybridized carbons (Fsp3) is 0.750. The van der Waals surface area contributed by atoms with Crippen molar-refractivity contribution in [2.45, 2.75) is 32.9 Å². The first-order valence-corrected chi connectivity index (χ1v) is 4.00. The summed E-state index contributed by atoms with van der Waals surface area (Å²) in [6, 6.07) is -0.991. The maximum Gasteiger partial charge on any atom is 0.237 e. The highest BCUT2D eigenvalue weighted by Crippen LogP contribution is 1.97. The van der Waals surface area contributed by atoms with E-state index in [0.717, 1.165) is 0 Å². The molecule has 0 spiro atoms. The van der Waals surface area contributed by atoms with Crippen molar-refractivity contribution in [1.82, 2.24) is 5.32 Å². The van der Waals surface area contributed by atoms with Crippen molar-refractivity contribution in [3.05, 3.63) is 0 Å². The second-order valence-electron chi connectivity index (χ2n) is 3.20. The van der Waals surface area contributed by atoms with Crippen LogP contribution in [0.5, 0.6) is 0 Å². The van der Waals surface area contributed by atoms with Crippen molar-refractivity contribution < 1.29 is 12.4 Å². The van der Waals surface area contributed by atoms with E-state index in [1.165, 1.54) is 0 Å². The van der Waals surface area contributed by atoms with Gasteiger partial charge in [0.05, 0.1) is 12.1 Å². The van der Waals surface area contributed by atoms with Crippen LogP contribution in [0.25, 0.3) is 0 Å². The minimum absolute atomic E-state index is 0. The molecule has 0 heterocycles. The van der Waals surface area contributed by atoms with Crippen LogP contribution in [0.3, 0.4) is 0 Å². The number of aldehydes is 1. The molecule has 4 heteroatoms. The zero-order valence-electron chi connectivity index (χ0n) is 7.70. The van der Waals surface area contributed by atoms with E-state index in [2.05, 4.69) is 5.32 Å². The average molecular weight is 176 g/mol. The Hall–Kier alpha value is -0.900. The van der Waals surface area contributed by atoms with Gasteiger partial charge in [-0.05, 0) is 12.8 Å². The van der Waals surface area contributed by atoms with Crippen molar-refractivity contribution in [1.29, 1.82) is 0 Å². The van der Waals surface area contributed by atoms with Crippen LogP contribution in [0.1, 0.15) is 23.6 Å². The third-order valence-electron chi connectivity index (χ3n) is 1.60. The van der Waals surface area contributed by atoms with E-state index < -0.39 is 12.1 Å². The lowest BCUT2D eigenvalue weighted by Crippen LogP contribution is -2.47. The van der Waals surface area contributed by atoms with Gasteiger partial charge in [0.1, 0.15) is 6.29 Å². The van der Waals surface area contributed by atoms with Crippen molar-refractivity contribution in [2.75, 3.05) is 0 Å². The van der Waals surface area contributed by atoms with Crippen LogP contribution in [0, 0.1) is 5.92 Å². The first-order chi connectivity index (χ1) is 5.49. The second kappa shape index (κ2) is 4.87. The molecule has 0 radical (unpaired) electrons. The molecule has 74 valence electrons. The Bertz CT molecular complexity index is 177. The van der Waals surface area contributed by atoms with E-state index in [0.29, 0.717) is 6.29 Å². The molecule has 0 aliphatic carbocycles. The third kappa shape index (κ3) is 3.48. The predicted molar refractivity (Wildman–Crippen MR) is 50.7 cm³/mol. The van der Waals surface area contributed by atoms with Crippen molar-refractivity contribution >= 4 is 12.2 Å². The van der Waals surface area contributed by atoms with Crippen molar-refractivity contribution in [3.8, 4) is 0 Å². The zero-order valence-corrected chi connectivity index (χ0v) is 7.70. The molecule has 0 aromatic heterocycles. The first-order valence-electron chi connectivity index (χ1n) is 4.00. The van der Waals surface area contributed by atoms with E-state index >= 15 is 0 Å². The summed E-state index contributed by atoms with van der Waals surface area (Å²) in [6.07, 6.45) is 0.672. The van der Waals surface area contributed by atoms with Crippen LogP contribution in [0.2, 0.25) is 0 Å². The summed E-state index contributed by atoms with van der Waals surface area (Å²) in [5, 5.41) is 2.48. The van der Waals surface area contributed by atoms with Crippen LogP contribution < -0.4 is 11.1 Å². The number of rotatable bonds is 4. The molecule has 0 aliphatic heterocycles. The lowest BCUT2D eigenvalue weighted by atomic mass is 10.0. The number of nitrogens with two attached hydrogens (primary N) is 1. The van der Waals surface area contributed by atoms with Crippen LogP contribution >= 0.6 is 0 Å². The minimum atomic E-state index is -0.535. The standard InChI is InChI=1S/C8H16N2O2.2H2/c1-5(2)7(9)8(12)10-6(3)4-11;;/h4-7H,9H2,1-3H3,(H,10,12);2*1H. The molecule has 2 unspecified atom stereocenters. The molecule has 0 fully saturated rings. The Morgan fingerprint density at radius 2 is 2.00 bits per heavy atom. The molecule has 2 atom stereocenters. The molecule has 3 N–H and O–H groups in total. The largest absolute Gasteiger partial charge is 0.346 e. The summed E-state index contributed by atoms with van der Waals surface area (Å²) in [6.45, 7) is 5.32. The summed E-state index contributed by atoms with van der Waals surface area (Å²) in [7, 11) is 0. The van der Waals surface area contributed by atoms with Gasteiger partial charge in [-0.2, -0.15) is 0 Å². The van der Waals surface area contributed by atoms with Crippen LogP contribution in [0.4, 0.5) is 0 Å². The fourth-order valence-corrected chi connectivity index (χ4v) is 0.657. The van der Waals surface area contributed by atoms with Gasteiger partial charge < -0.3 is 15.8 Å². The molecule has 0 saturated heterocycles. The number of carbonyl (C=O) groups excluding carboxylic acids is 2. The quantitative estimate of drug-likeness (QED) is 0.599. The molecule has 0 aromatic carbocycles. The normalized spacial score (nSPS) is 15.4. The van der Waals surface area contributed by atoms with Gasteiger partial charge in [-0.1, -0.05) is 13.8 Å². The third-order valence-corrected chi connectivity index (χ3v) is 1.60. The summed E-state index contributed by atoms with van der Waals surface area (Å²) >= 11 is 0. The Labute approximate surface area is 75.5 Å². The molecule has 4 nitrogen and oxygen atoms in total. The van der Waals surface area contributed by atoms with Gasteiger partial charge in [0.2, 0.25) is 5.91 Å². The van der Waals surface area contributed by atoms with Crippen molar-refractivity contribution in [3.63, 3.8) is 0 Å². The number of carbonyl (C=O) groups is 2. The topological polar surface area (TPSA) is 72.2 Å². The highest BCUT2D eigenvalue weighted by molar-refractivity contribution is 5.84. The highest BCUT2D eigenvalue weighted by atomic mass is 16.2. The molecular weight excluding hydrogens is 156 g/mol. The lowest BCUT2D eigenvalue weighted by Gasteiger charge is -2.16. The number of hydrogen-bond donors (Lipinski definition) is 2. The van der Waals surface area contributed by atoms with Gasteiger partial charge in [0.15, 0.2) is 0 Å². The van der Waals surface area contributed by atoms with E-state index in [9.17, 15) is 9.59 Å². The number of nitrogens with one attached hydrogen (secondary N) is 1. The average Bonchev–Trinajstić information content (AvgIpc) is 2.02. The fourth-order valence-electron chi connectivity index (χ4n) is 0.657. The monoisotopic (exact) mass is 176 g/mol. The Balaban J connectivity index is -0.000000605. The minimum Gasteiger partial charge on any atom is -0.346 e. The second-order valence-corrected chi connectivity index (χ2v) is 3.20. The maximum absolute atomic E-state index is 11.2. The van der Waals surface area contributed by atoms with E-state index in [1.54, 1.807) is 6.92 Å². The summed E-state index contributed by atoms with van der Waals surface area (Å²) < 4.78 is 0. The Kier molecular flexibility index (Phi) is 4.51. The van der Waals surface area contributed by atoms with E-state index in [4.69, 9.17) is 5.73 Å². The summed E-state index contributed by atoms with van der Waals surface area (Å²) in [4.78, 5) is 21.3. The van der Waals surface area contributed by atoms with Gasteiger partial charge in [-0.15, -0.1) is 0 Å². The van der Waals surface area contributed by atoms with Crippen LogP contribution in [-0.2, 0) is 9.59 Å². The molecule has 1 amide bonds. The Morgan fingerprint density at radius 1 is 1.50 bits per heavy atom. The van der Waals surface area contributed by atoms with E-state index in [1.807, 2.05) is 13.8 Å². The maximum atomic E-state index is 11.2. The molecule has 0 aromatic rings. The molecular formula is C8H20N2O2. The highest BCUT2D eigenvalue weighted by Gasteiger charge is 2.18. The SMILES string of the molecule is CC(C=O)NC(=O)C(N)C(C)C.[HH].[HH]. The molecule has 12 heavy (non-hydrogen) atoms. The number of amides is 1. The summed E-state index contributed by atoms with van der Waals surface area (Å²) in [5.74, 6) is -0.187. The summed E-state index contributed by atoms with van der Waals surface area (Å²) in [5.41, 5.74) is 5.54. The van der Waals surface area contributed by atoms with Gasteiger partial charge in [0, 0.05) is 2.85 Å². The first kappa shape index (κ1) is 11.1. The Morgan fingerprint density at radius 3 is 2.33 bits per heavy atom. The smallest absolute Gasteiger partial charge is 0.237 e. The van der Waals surface area contributed by atoms with Gasteiger partial charge in [-0.3, -0.25) is 4.79 Å². The molecule has 0 rings (SSSR count). The predicted octanol–water partition coefficient (Wildman–Crippen LogP) is 0.165. The van der Waals surface area contributed by atoms with E-state index in [-0.39, 0.29) is 14.7 Å². The van der Waals surface area contributed by atoms with Crippen LogP contribution in [-0.4, -0.2) is 24.3 Å². The van der Waals surface area contributed by atoms with Crippen LogP contribution in [0.15, 0.2) is 0 Å². The molecule has 0 bridgehead atoms. The number of hydrogen-bond acceptors (Lipinski definition) is 3. The van der Waals surface area contributed by atoms with Gasteiger partial charge in [-0.25, -0.2) is 0 Å². The zero-order chi connectivity index (χ0) is 9.72. The van der Waals surface area contributed by atoms with Crippen molar-refractivity contribution in [2.24, 2.45) is 11.7 Å². The lowest BCUT2D eigenvalue weighted by molar-refractivity contribution is -0.125.